The Labute approximate surface area is 155 Å². The van der Waals surface area contributed by atoms with E-state index in [4.69, 9.17) is 11.6 Å². The molecule has 0 aromatic heterocycles. The predicted molar refractivity (Wildman–Crippen MR) is 95.9 cm³/mol. The fourth-order valence-electron chi connectivity index (χ4n) is 2.33. The number of hydrogen-bond donors (Lipinski definition) is 1. The molecule has 0 atom stereocenters. The van der Waals surface area contributed by atoms with Gasteiger partial charge in [0, 0.05) is 23.7 Å². The van der Waals surface area contributed by atoms with Crippen LogP contribution in [0.4, 0.5) is 14.5 Å². The molecule has 0 radical (unpaired) electrons. The molecule has 2 aromatic carbocycles. The van der Waals surface area contributed by atoms with Crippen molar-refractivity contribution in [2.45, 2.75) is 18.7 Å². The van der Waals surface area contributed by atoms with Gasteiger partial charge in [-0.3, -0.25) is 4.79 Å². The lowest BCUT2D eigenvalue weighted by Gasteiger charge is -2.19. The van der Waals surface area contributed by atoms with Gasteiger partial charge in [-0.2, -0.15) is 4.31 Å². The lowest BCUT2D eigenvalue weighted by Crippen LogP contribution is -2.31. The summed E-state index contributed by atoms with van der Waals surface area (Å²) in [6.45, 7) is 3.56. The average molecular weight is 403 g/mol. The van der Waals surface area contributed by atoms with Gasteiger partial charge in [0.05, 0.1) is 5.69 Å². The van der Waals surface area contributed by atoms with E-state index >= 15 is 0 Å². The molecule has 0 spiro atoms. The third kappa shape index (κ3) is 4.20. The Morgan fingerprint density at radius 3 is 2.31 bits per heavy atom. The maximum absolute atomic E-state index is 14.1. The third-order valence-electron chi connectivity index (χ3n) is 3.70. The second-order valence-electron chi connectivity index (χ2n) is 5.31. The topological polar surface area (TPSA) is 66.5 Å². The molecule has 0 fully saturated rings. The Kier molecular flexibility index (Phi) is 6.33. The minimum absolute atomic E-state index is 0.119. The molecule has 0 unspecified atom stereocenters. The van der Waals surface area contributed by atoms with Crippen LogP contribution in [0.5, 0.6) is 0 Å². The van der Waals surface area contributed by atoms with Crippen LogP contribution >= 0.6 is 11.6 Å². The second kappa shape index (κ2) is 8.11. The molecular weight excluding hydrogens is 386 g/mol. The van der Waals surface area contributed by atoms with Crippen LogP contribution in [0.1, 0.15) is 24.2 Å². The normalized spacial score (nSPS) is 11.6. The quantitative estimate of drug-likeness (QED) is 0.796. The molecule has 0 bridgehead atoms. The minimum atomic E-state index is -4.09. The van der Waals surface area contributed by atoms with Gasteiger partial charge in [-0.05, 0) is 36.4 Å². The number of carbonyl (C=O) groups is 1. The van der Waals surface area contributed by atoms with Crippen molar-refractivity contribution < 1.29 is 22.0 Å². The Hall–Kier alpha value is -2.03. The lowest BCUT2D eigenvalue weighted by molar-refractivity contribution is 0.102. The summed E-state index contributed by atoms with van der Waals surface area (Å²) in [4.78, 5) is 11.7. The predicted octanol–water partition coefficient (Wildman–Crippen LogP) is 3.90. The highest BCUT2D eigenvalue weighted by molar-refractivity contribution is 7.89. The van der Waals surface area contributed by atoms with Crippen LogP contribution in [-0.4, -0.2) is 31.7 Å². The van der Waals surface area contributed by atoms with E-state index in [1.165, 1.54) is 12.1 Å². The van der Waals surface area contributed by atoms with Gasteiger partial charge in [0.2, 0.25) is 10.0 Å². The van der Waals surface area contributed by atoms with Crippen LogP contribution in [0.15, 0.2) is 41.3 Å². The number of nitrogens with zero attached hydrogens (tertiary/aromatic N) is 1. The SMILES string of the molecule is CCN(CC)S(=O)(=O)c1cc(C(=O)Nc2ccc(Cl)cc2F)ccc1F. The highest BCUT2D eigenvalue weighted by Gasteiger charge is 2.26. The summed E-state index contributed by atoms with van der Waals surface area (Å²) in [7, 11) is -4.09. The molecule has 1 N–H and O–H groups in total. The molecule has 1 amide bonds. The number of amides is 1. The number of benzene rings is 2. The van der Waals surface area contributed by atoms with Gasteiger partial charge in [0.25, 0.3) is 5.91 Å². The first-order valence-corrected chi connectivity index (χ1v) is 9.58. The van der Waals surface area contributed by atoms with E-state index in [0.717, 1.165) is 28.6 Å². The van der Waals surface area contributed by atoms with Gasteiger partial charge in [-0.15, -0.1) is 0 Å². The van der Waals surface area contributed by atoms with Crippen molar-refractivity contribution in [3.05, 3.63) is 58.6 Å². The monoisotopic (exact) mass is 402 g/mol. The third-order valence-corrected chi connectivity index (χ3v) is 6.00. The first kappa shape index (κ1) is 20.3. The molecule has 9 heteroatoms. The van der Waals surface area contributed by atoms with Gasteiger partial charge in [-0.1, -0.05) is 25.4 Å². The molecule has 0 aliphatic carbocycles. The zero-order valence-corrected chi connectivity index (χ0v) is 15.7. The maximum Gasteiger partial charge on any atom is 0.255 e. The second-order valence-corrected chi connectivity index (χ2v) is 7.66. The van der Waals surface area contributed by atoms with Gasteiger partial charge in [-0.25, -0.2) is 17.2 Å². The molecule has 140 valence electrons. The first-order chi connectivity index (χ1) is 12.2. The summed E-state index contributed by atoms with van der Waals surface area (Å²) in [6.07, 6.45) is 0. The Morgan fingerprint density at radius 2 is 1.73 bits per heavy atom. The van der Waals surface area contributed by atoms with E-state index in [-0.39, 0.29) is 29.4 Å². The molecule has 2 rings (SSSR count). The zero-order valence-electron chi connectivity index (χ0n) is 14.1. The van der Waals surface area contributed by atoms with Crippen molar-refractivity contribution in [1.29, 1.82) is 0 Å². The van der Waals surface area contributed by atoms with Crippen LogP contribution in [0.25, 0.3) is 0 Å². The first-order valence-electron chi connectivity index (χ1n) is 7.76. The highest BCUT2D eigenvalue weighted by Crippen LogP contribution is 2.23. The molecule has 0 aliphatic heterocycles. The Morgan fingerprint density at radius 1 is 1.08 bits per heavy atom. The fraction of sp³-hybridized carbons (Fsp3) is 0.235. The van der Waals surface area contributed by atoms with Crippen LogP contribution < -0.4 is 5.32 Å². The molecule has 5 nitrogen and oxygen atoms in total. The zero-order chi connectivity index (χ0) is 19.5. The van der Waals surface area contributed by atoms with E-state index in [1.54, 1.807) is 13.8 Å². The van der Waals surface area contributed by atoms with Gasteiger partial charge in [0.15, 0.2) is 0 Å². The summed E-state index contributed by atoms with van der Waals surface area (Å²) >= 11 is 5.65. The number of sulfonamides is 1. The van der Waals surface area contributed by atoms with E-state index in [2.05, 4.69) is 5.32 Å². The minimum Gasteiger partial charge on any atom is -0.319 e. The van der Waals surface area contributed by atoms with Crippen LogP contribution in [0.3, 0.4) is 0 Å². The number of rotatable bonds is 6. The Balaban J connectivity index is 2.38. The maximum atomic E-state index is 14.1. The van der Waals surface area contributed by atoms with Crippen molar-refractivity contribution in [1.82, 2.24) is 4.31 Å². The summed E-state index contributed by atoms with van der Waals surface area (Å²) in [5, 5.41) is 2.47. The standard InChI is InChI=1S/C17H17ClF2N2O3S/c1-3-22(4-2)26(24,25)16-9-11(5-7-13(16)19)17(23)21-15-8-6-12(18)10-14(15)20/h5-10H,3-4H2,1-2H3,(H,21,23). The number of carbonyl (C=O) groups excluding carboxylic acids is 1. The number of nitrogens with one attached hydrogen (secondary N) is 1. The molecular formula is C17H17ClF2N2O3S. The molecule has 2 aromatic rings. The molecule has 0 heterocycles. The van der Waals surface area contributed by atoms with Crippen molar-refractivity contribution in [2.24, 2.45) is 0 Å². The van der Waals surface area contributed by atoms with Crippen molar-refractivity contribution in [2.75, 3.05) is 18.4 Å². The number of anilines is 1. The average Bonchev–Trinajstić information content (AvgIpc) is 2.58. The van der Waals surface area contributed by atoms with E-state index < -0.39 is 32.5 Å². The number of hydrogen-bond acceptors (Lipinski definition) is 3. The van der Waals surface area contributed by atoms with Crippen molar-refractivity contribution in [3.8, 4) is 0 Å². The summed E-state index contributed by atoms with van der Waals surface area (Å²) in [6, 6.07) is 6.64. The number of halogens is 3. The van der Waals surface area contributed by atoms with Gasteiger partial charge in [0.1, 0.15) is 16.5 Å². The summed E-state index contributed by atoms with van der Waals surface area (Å²) in [5.41, 5.74) is -0.247. The molecule has 26 heavy (non-hydrogen) atoms. The van der Waals surface area contributed by atoms with Crippen molar-refractivity contribution >= 4 is 33.2 Å². The smallest absolute Gasteiger partial charge is 0.255 e. The molecule has 0 saturated carbocycles. The fourth-order valence-corrected chi connectivity index (χ4v) is 4.04. The van der Waals surface area contributed by atoms with Crippen molar-refractivity contribution in [3.63, 3.8) is 0 Å². The van der Waals surface area contributed by atoms with Crippen LogP contribution in [-0.2, 0) is 10.0 Å². The summed E-state index contributed by atoms with van der Waals surface area (Å²) < 4.78 is 54.0. The highest BCUT2D eigenvalue weighted by atomic mass is 35.5. The van der Waals surface area contributed by atoms with Crippen LogP contribution in [0, 0.1) is 11.6 Å². The largest absolute Gasteiger partial charge is 0.319 e. The molecule has 0 saturated heterocycles. The van der Waals surface area contributed by atoms with E-state index in [1.807, 2.05) is 0 Å². The lowest BCUT2D eigenvalue weighted by atomic mass is 10.2. The van der Waals surface area contributed by atoms with Gasteiger partial charge < -0.3 is 5.32 Å². The van der Waals surface area contributed by atoms with E-state index in [9.17, 15) is 22.0 Å². The summed E-state index contributed by atoms with van der Waals surface area (Å²) in [5.74, 6) is -2.49. The Bertz CT molecular complexity index is 932. The van der Waals surface area contributed by atoms with Gasteiger partial charge >= 0.3 is 0 Å². The molecule has 0 aliphatic rings. The van der Waals surface area contributed by atoms with E-state index in [0.29, 0.717) is 0 Å². The van der Waals surface area contributed by atoms with Crippen LogP contribution in [0.2, 0.25) is 5.02 Å².